The molecule has 2 aliphatic rings. The Morgan fingerprint density at radius 2 is 1.96 bits per heavy atom. The topological polar surface area (TPSA) is 97.0 Å². The summed E-state index contributed by atoms with van der Waals surface area (Å²) in [5.41, 5.74) is -0.0615. The van der Waals surface area contributed by atoms with Crippen LogP contribution in [0, 0.1) is 0 Å². The van der Waals surface area contributed by atoms with Crippen LogP contribution in [0.3, 0.4) is 0 Å². The largest absolute Gasteiger partial charge is 0.497 e. The van der Waals surface area contributed by atoms with Crippen molar-refractivity contribution < 1.29 is 23.9 Å². The number of carbonyl (C=O) groups excluding carboxylic acids is 3. The summed E-state index contributed by atoms with van der Waals surface area (Å²) in [5, 5.41) is 5.59. The summed E-state index contributed by atoms with van der Waals surface area (Å²) >= 11 is 0. The minimum Gasteiger partial charge on any atom is -0.497 e. The molecule has 1 aromatic rings. The van der Waals surface area contributed by atoms with E-state index in [1.54, 1.807) is 39.3 Å². The summed E-state index contributed by atoms with van der Waals surface area (Å²) in [5.74, 6) is 0.547. The molecule has 0 bridgehead atoms. The fraction of sp³-hybridized carbons (Fsp3) is 0.526. The van der Waals surface area contributed by atoms with Crippen LogP contribution in [0.5, 0.6) is 11.5 Å². The van der Waals surface area contributed by atoms with E-state index in [1.165, 1.54) is 0 Å². The molecular formula is C19H25N3O5. The maximum Gasteiger partial charge on any atom is 0.325 e. The molecule has 1 heterocycles. The van der Waals surface area contributed by atoms with Crippen LogP contribution in [-0.2, 0) is 9.59 Å². The molecule has 4 amide bonds. The third kappa shape index (κ3) is 3.56. The molecule has 8 heteroatoms. The fourth-order valence-corrected chi connectivity index (χ4v) is 3.82. The highest BCUT2D eigenvalue weighted by molar-refractivity contribution is 6.09. The van der Waals surface area contributed by atoms with E-state index >= 15 is 0 Å². The van der Waals surface area contributed by atoms with Gasteiger partial charge in [0.15, 0.2) is 0 Å². The lowest BCUT2D eigenvalue weighted by molar-refractivity contribution is -0.135. The van der Waals surface area contributed by atoms with Gasteiger partial charge < -0.3 is 20.1 Å². The van der Waals surface area contributed by atoms with E-state index in [1.807, 2.05) is 0 Å². The van der Waals surface area contributed by atoms with Crippen molar-refractivity contribution in [2.24, 2.45) is 0 Å². The molecule has 3 rings (SSSR count). The molecule has 8 nitrogen and oxygen atoms in total. The number of urea groups is 1. The molecule has 146 valence electrons. The van der Waals surface area contributed by atoms with E-state index in [2.05, 4.69) is 10.6 Å². The van der Waals surface area contributed by atoms with Crippen LogP contribution in [0.15, 0.2) is 18.2 Å². The third-order valence-corrected chi connectivity index (χ3v) is 5.29. The second-order valence-electron chi connectivity index (χ2n) is 7.01. The fourth-order valence-electron chi connectivity index (χ4n) is 3.82. The van der Waals surface area contributed by atoms with Crippen molar-refractivity contribution in [2.45, 2.75) is 44.2 Å². The van der Waals surface area contributed by atoms with Gasteiger partial charge in [-0.05, 0) is 38.0 Å². The molecule has 1 aliphatic heterocycles. The Labute approximate surface area is 158 Å². The Kier molecular flexibility index (Phi) is 5.25. The van der Waals surface area contributed by atoms with Gasteiger partial charge in [0, 0.05) is 5.56 Å². The average Bonchev–Trinajstić information content (AvgIpc) is 3.22. The summed E-state index contributed by atoms with van der Waals surface area (Å²) in [6.07, 6.45) is 3.07. The molecule has 1 saturated carbocycles. The van der Waals surface area contributed by atoms with Crippen molar-refractivity contribution in [1.29, 1.82) is 0 Å². The maximum atomic E-state index is 12.6. The van der Waals surface area contributed by atoms with E-state index in [9.17, 15) is 14.4 Å². The molecule has 1 aromatic carbocycles. The van der Waals surface area contributed by atoms with Gasteiger partial charge >= 0.3 is 6.03 Å². The molecule has 0 unspecified atom stereocenters. The quantitative estimate of drug-likeness (QED) is 0.739. The van der Waals surface area contributed by atoms with Crippen LogP contribution in [0.2, 0.25) is 0 Å². The van der Waals surface area contributed by atoms with E-state index < -0.39 is 17.5 Å². The number of ether oxygens (including phenoxy) is 2. The van der Waals surface area contributed by atoms with Crippen molar-refractivity contribution in [2.75, 3.05) is 20.8 Å². The number of nitrogens with zero attached hydrogens (tertiary/aromatic N) is 1. The predicted molar refractivity (Wildman–Crippen MR) is 97.5 cm³/mol. The highest BCUT2D eigenvalue weighted by Crippen LogP contribution is 2.35. The zero-order valence-electron chi connectivity index (χ0n) is 15.8. The summed E-state index contributed by atoms with van der Waals surface area (Å²) in [6.45, 7) is 1.50. The van der Waals surface area contributed by atoms with Crippen LogP contribution in [0.4, 0.5) is 4.79 Å². The summed E-state index contributed by atoms with van der Waals surface area (Å²) in [6, 6.07) is 4.43. The number of amides is 4. The van der Waals surface area contributed by atoms with Gasteiger partial charge in [-0.15, -0.1) is 0 Å². The van der Waals surface area contributed by atoms with Crippen molar-refractivity contribution in [3.8, 4) is 11.5 Å². The first-order chi connectivity index (χ1) is 12.9. The minimum absolute atomic E-state index is 0.299. The van der Waals surface area contributed by atoms with Gasteiger partial charge in [-0.1, -0.05) is 12.8 Å². The summed E-state index contributed by atoms with van der Waals surface area (Å²) in [7, 11) is 3.11. The first-order valence-corrected chi connectivity index (χ1v) is 9.05. The lowest BCUT2D eigenvalue weighted by Crippen LogP contribution is -2.45. The number of rotatable bonds is 6. The Morgan fingerprint density at radius 1 is 1.26 bits per heavy atom. The molecule has 1 atom stereocenters. The smallest absolute Gasteiger partial charge is 0.325 e. The van der Waals surface area contributed by atoms with Crippen molar-refractivity contribution in [3.05, 3.63) is 23.8 Å². The maximum absolute atomic E-state index is 12.6. The van der Waals surface area contributed by atoms with Gasteiger partial charge in [0.05, 0.1) is 20.3 Å². The number of methoxy groups -OCH3 is 2. The number of imide groups is 1. The number of carbonyl (C=O) groups is 3. The van der Waals surface area contributed by atoms with E-state index in [0.29, 0.717) is 24.3 Å². The van der Waals surface area contributed by atoms with Crippen LogP contribution in [0.25, 0.3) is 0 Å². The molecular weight excluding hydrogens is 350 g/mol. The minimum atomic E-state index is -0.807. The van der Waals surface area contributed by atoms with Crippen LogP contribution in [0.1, 0.15) is 44.2 Å². The lowest BCUT2D eigenvalue weighted by Gasteiger charge is -2.21. The van der Waals surface area contributed by atoms with Gasteiger partial charge in [-0.25, -0.2) is 4.79 Å². The van der Waals surface area contributed by atoms with E-state index in [-0.39, 0.29) is 18.5 Å². The Hall–Kier alpha value is -2.77. The molecule has 0 radical (unpaired) electrons. The van der Waals surface area contributed by atoms with Crippen molar-refractivity contribution in [3.63, 3.8) is 0 Å². The number of benzene rings is 1. The zero-order chi connectivity index (χ0) is 19.6. The van der Waals surface area contributed by atoms with Crippen LogP contribution >= 0.6 is 0 Å². The second-order valence-corrected chi connectivity index (χ2v) is 7.01. The summed E-state index contributed by atoms with van der Waals surface area (Å²) in [4.78, 5) is 38.3. The van der Waals surface area contributed by atoms with Crippen molar-refractivity contribution in [1.82, 2.24) is 15.5 Å². The van der Waals surface area contributed by atoms with Crippen molar-refractivity contribution >= 4 is 17.8 Å². The standard InChI is InChI=1S/C19H25N3O5/c1-12(14-10-13(26-2)6-7-15(14)27-3)20-16(23)11-22-17(24)19(21-18(22)25)8-4-5-9-19/h6-7,10,12H,4-5,8-9,11H2,1-3H3,(H,20,23)(H,21,25)/t12-/m0/s1. The Morgan fingerprint density at radius 3 is 2.59 bits per heavy atom. The van der Waals surface area contributed by atoms with E-state index in [4.69, 9.17) is 9.47 Å². The number of nitrogens with one attached hydrogen (secondary N) is 2. The predicted octanol–water partition coefficient (Wildman–Crippen LogP) is 1.75. The lowest BCUT2D eigenvalue weighted by atomic mass is 9.98. The molecule has 1 spiro atoms. The molecule has 2 N–H and O–H groups in total. The second kappa shape index (κ2) is 7.46. The average molecular weight is 375 g/mol. The van der Waals surface area contributed by atoms with Gasteiger partial charge in [-0.2, -0.15) is 0 Å². The van der Waals surface area contributed by atoms with Crippen LogP contribution in [-0.4, -0.2) is 49.0 Å². The Balaban J connectivity index is 1.67. The molecule has 1 saturated heterocycles. The molecule has 1 aliphatic carbocycles. The SMILES string of the molecule is COc1ccc(OC)c([C@H](C)NC(=O)CN2C(=O)NC3(CCCC3)C2=O)c1. The monoisotopic (exact) mass is 375 g/mol. The van der Waals surface area contributed by atoms with Gasteiger partial charge in [0.2, 0.25) is 5.91 Å². The highest BCUT2D eigenvalue weighted by atomic mass is 16.5. The van der Waals surface area contributed by atoms with E-state index in [0.717, 1.165) is 23.3 Å². The number of hydrogen-bond acceptors (Lipinski definition) is 5. The Bertz CT molecular complexity index is 758. The van der Waals surface area contributed by atoms with Gasteiger partial charge in [-0.3, -0.25) is 14.5 Å². The third-order valence-electron chi connectivity index (χ3n) is 5.29. The zero-order valence-corrected chi connectivity index (χ0v) is 15.8. The number of hydrogen-bond donors (Lipinski definition) is 2. The van der Waals surface area contributed by atoms with Gasteiger partial charge in [0.1, 0.15) is 23.6 Å². The molecule has 2 fully saturated rings. The molecule has 27 heavy (non-hydrogen) atoms. The van der Waals surface area contributed by atoms with Gasteiger partial charge in [0.25, 0.3) is 5.91 Å². The molecule has 0 aromatic heterocycles. The van der Waals surface area contributed by atoms with Crippen LogP contribution < -0.4 is 20.1 Å². The first kappa shape index (κ1) is 19.0. The summed E-state index contributed by atoms with van der Waals surface area (Å²) < 4.78 is 10.6. The normalized spacial score (nSPS) is 19.1. The first-order valence-electron chi connectivity index (χ1n) is 9.05. The highest BCUT2D eigenvalue weighted by Gasteiger charge is 2.52.